The molecule has 0 heterocycles. The first-order valence-electron chi connectivity index (χ1n) is 5.89. The lowest BCUT2D eigenvalue weighted by Crippen LogP contribution is -2.25. The van der Waals surface area contributed by atoms with Crippen LogP contribution in [0.5, 0.6) is 0 Å². The Morgan fingerprint density at radius 1 is 1.39 bits per heavy atom. The minimum Gasteiger partial charge on any atom is -0.341 e. The normalized spacial score (nSPS) is 10.2. The average Bonchev–Trinajstić information content (AvgIpc) is 2.31. The zero-order valence-corrected chi connectivity index (χ0v) is 11.8. The third-order valence-electron chi connectivity index (χ3n) is 2.37. The standard InChI is InChI=1S/C14H18N2OS/c1-11(2)18-13-6-4-12(5-7-13)10-16(3)14(17)8-9-15/h4-7,11H,8,10H2,1-3H3. The van der Waals surface area contributed by atoms with Crippen LogP contribution >= 0.6 is 11.8 Å². The van der Waals surface area contributed by atoms with E-state index >= 15 is 0 Å². The molecule has 0 N–H and O–H groups in total. The molecule has 0 aromatic heterocycles. The quantitative estimate of drug-likeness (QED) is 0.766. The lowest BCUT2D eigenvalue weighted by molar-refractivity contribution is -0.129. The Morgan fingerprint density at radius 2 is 2.00 bits per heavy atom. The Hall–Kier alpha value is -1.47. The molecule has 0 saturated carbocycles. The second-order valence-electron chi connectivity index (χ2n) is 4.40. The molecule has 0 unspecified atom stereocenters. The number of nitrogens with zero attached hydrogens (tertiary/aromatic N) is 2. The highest BCUT2D eigenvalue weighted by Gasteiger charge is 2.08. The van der Waals surface area contributed by atoms with Crippen LogP contribution in [0.3, 0.4) is 0 Å². The summed E-state index contributed by atoms with van der Waals surface area (Å²) < 4.78 is 0. The molecule has 0 spiro atoms. The van der Waals surface area contributed by atoms with E-state index in [1.54, 1.807) is 11.9 Å². The lowest BCUT2D eigenvalue weighted by atomic mass is 10.2. The molecule has 1 amide bonds. The average molecular weight is 262 g/mol. The van der Waals surface area contributed by atoms with Crippen molar-refractivity contribution in [3.8, 4) is 6.07 Å². The maximum absolute atomic E-state index is 11.5. The zero-order valence-electron chi connectivity index (χ0n) is 11.0. The highest BCUT2D eigenvalue weighted by molar-refractivity contribution is 7.99. The van der Waals surface area contributed by atoms with Gasteiger partial charge in [0.15, 0.2) is 0 Å². The number of rotatable bonds is 5. The molecule has 0 saturated heterocycles. The van der Waals surface area contributed by atoms with Crippen molar-refractivity contribution in [1.29, 1.82) is 5.26 Å². The first kappa shape index (κ1) is 14.6. The highest BCUT2D eigenvalue weighted by atomic mass is 32.2. The monoisotopic (exact) mass is 262 g/mol. The molecule has 0 fully saturated rings. The van der Waals surface area contributed by atoms with E-state index in [4.69, 9.17) is 5.26 Å². The van der Waals surface area contributed by atoms with Crippen LogP contribution in [0, 0.1) is 11.3 Å². The van der Waals surface area contributed by atoms with Crippen LogP contribution in [0.2, 0.25) is 0 Å². The van der Waals surface area contributed by atoms with Gasteiger partial charge in [-0.05, 0) is 17.7 Å². The summed E-state index contributed by atoms with van der Waals surface area (Å²) in [5, 5.41) is 9.04. The number of carbonyl (C=O) groups is 1. The summed E-state index contributed by atoms with van der Waals surface area (Å²) in [6.07, 6.45) is -0.0578. The SMILES string of the molecule is CC(C)Sc1ccc(CN(C)C(=O)CC#N)cc1. The largest absolute Gasteiger partial charge is 0.341 e. The van der Waals surface area contributed by atoms with Crippen molar-refractivity contribution in [1.82, 2.24) is 4.90 Å². The van der Waals surface area contributed by atoms with Crippen LogP contribution in [-0.2, 0) is 11.3 Å². The molecule has 4 heteroatoms. The first-order chi connectivity index (χ1) is 8.52. The number of hydrogen-bond acceptors (Lipinski definition) is 3. The third kappa shape index (κ3) is 4.80. The van der Waals surface area contributed by atoms with Gasteiger partial charge in [-0.3, -0.25) is 4.79 Å². The fourth-order valence-corrected chi connectivity index (χ4v) is 2.35. The maximum Gasteiger partial charge on any atom is 0.236 e. The van der Waals surface area contributed by atoms with Crippen molar-refractivity contribution in [3.05, 3.63) is 29.8 Å². The molecule has 96 valence electrons. The van der Waals surface area contributed by atoms with E-state index in [1.165, 1.54) is 4.90 Å². The van der Waals surface area contributed by atoms with Crippen LogP contribution in [0.4, 0.5) is 0 Å². The van der Waals surface area contributed by atoms with Gasteiger partial charge in [0.2, 0.25) is 5.91 Å². The van der Waals surface area contributed by atoms with Gasteiger partial charge in [-0.15, -0.1) is 11.8 Å². The van der Waals surface area contributed by atoms with Crippen LogP contribution in [-0.4, -0.2) is 23.1 Å². The first-order valence-corrected chi connectivity index (χ1v) is 6.77. The van der Waals surface area contributed by atoms with Crippen LogP contribution in [0.15, 0.2) is 29.2 Å². The fourth-order valence-electron chi connectivity index (χ4n) is 1.51. The topological polar surface area (TPSA) is 44.1 Å². The smallest absolute Gasteiger partial charge is 0.236 e. The van der Waals surface area contributed by atoms with Crippen molar-refractivity contribution in [3.63, 3.8) is 0 Å². The van der Waals surface area contributed by atoms with E-state index in [0.717, 1.165) is 5.56 Å². The van der Waals surface area contributed by atoms with Gasteiger partial charge >= 0.3 is 0 Å². The van der Waals surface area contributed by atoms with Gasteiger partial charge in [0.1, 0.15) is 6.42 Å². The Balaban J connectivity index is 2.58. The second-order valence-corrected chi connectivity index (χ2v) is 6.05. The van der Waals surface area contributed by atoms with Gasteiger partial charge in [-0.2, -0.15) is 5.26 Å². The van der Waals surface area contributed by atoms with Crippen molar-refractivity contribution in [2.24, 2.45) is 0 Å². The Labute approximate surface area is 113 Å². The molecule has 0 aliphatic carbocycles. The minimum atomic E-state index is -0.141. The van der Waals surface area contributed by atoms with Crippen molar-refractivity contribution >= 4 is 17.7 Å². The molecular weight excluding hydrogens is 244 g/mol. The third-order valence-corrected chi connectivity index (χ3v) is 3.39. The molecule has 0 aliphatic rings. The number of thioether (sulfide) groups is 1. The molecule has 1 rings (SSSR count). The van der Waals surface area contributed by atoms with Gasteiger partial charge in [-0.1, -0.05) is 26.0 Å². The van der Waals surface area contributed by atoms with Crippen molar-refractivity contribution in [2.75, 3.05) is 7.05 Å². The molecule has 18 heavy (non-hydrogen) atoms. The predicted molar refractivity (Wildman–Crippen MR) is 74.1 cm³/mol. The van der Waals surface area contributed by atoms with Gasteiger partial charge < -0.3 is 4.90 Å². The van der Waals surface area contributed by atoms with E-state index < -0.39 is 0 Å². The van der Waals surface area contributed by atoms with E-state index in [1.807, 2.05) is 30.0 Å². The number of nitriles is 1. The van der Waals surface area contributed by atoms with Crippen LogP contribution in [0.1, 0.15) is 25.8 Å². The van der Waals surface area contributed by atoms with E-state index in [2.05, 4.69) is 26.0 Å². The van der Waals surface area contributed by atoms with Crippen molar-refractivity contribution in [2.45, 2.75) is 37.0 Å². The van der Waals surface area contributed by atoms with Gasteiger partial charge in [-0.25, -0.2) is 0 Å². The molecule has 3 nitrogen and oxygen atoms in total. The number of carbonyl (C=O) groups excluding carboxylic acids is 1. The maximum atomic E-state index is 11.5. The minimum absolute atomic E-state index is 0.0578. The summed E-state index contributed by atoms with van der Waals surface area (Å²) in [7, 11) is 1.72. The Kier molecular flexibility index (Phi) is 5.73. The number of benzene rings is 1. The highest BCUT2D eigenvalue weighted by Crippen LogP contribution is 2.23. The number of amides is 1. The second kappa shape index (κ2) is 7.07. The number of hydrogen-bond donors (Lipinski definition) is 0. The van der Waals surface area contributed by atoms with Crippen LogP contribution < -0.4 is 0 Å². The molecule has 0 atom stereocenters. The van der Waals surface area contributed by atoms with Crippen LogP contribution in [0.25, 0.3) is 0 Å². The molecule has 0 radical (unpaired) electrons. The molecule has 1 aromatic rings. The summed E-state index contributed by atoms with van der Waals surface area (Å²) in [6.45, 7) is 4.87. The Bertz CT molecular complexity index is 434. The summed E-state index contributed by atoms with van der Waals surface area (Å²) >= 11 is 1.82. The van der Waals surface area contributed by atoms with E-state index in [9.17, 15) is 4.79 Å². The van der Waals surface area contributed by atoms with E-state index in [-0.39, 0.29) is 12.3 Å². The van der Waals surface area contributed by atoms with Gasteiger partial charge in [0.25, 0.3) is 0 Å². The summed E-state index contributed by atoms with van der Waals surface area (Å²) in [6, 6.07) is 10.1. The van der Waals surface area contributed by atoms with Crippen molar-refractivity contribution < 1.29 is 4.79 Å². The summed E-state index contributed by atoms with van der Waals surface area (Å²) in [4.78, 5) is 14.3. The van der Waals surface area contributed by atoms with Gasteiger partial charge in [0, 0.05) is 23.7 Å². The predicted octanol–water partition coefficient (Wildman–Crippen LogP) is 3.06. The Morgan fingerprint density at radius 3 is 2.50 bits per heavy atom. The summed E-state index contributed by atoms with van der Waals surface area (Å²) in [5.74, 6) is -0.141. The molecule has 1 aromatic carbocycles. The van der Waals surface area contributed by atoms with Gasteiger partial charge in [0.05, 0.1) is 6.07 Å². The summed E-state index contributed by atoms with van der Waals surface area (Å²) in [5.41, 5.74) is 1.08. The molecule has 0 aliphatic heterocycles. The van der Waals surface area contributed by atoms with E-state index in [0.29, 0.717) is 11.8 Å². The molecular formula is C14H18N2OS. The molecule has 0 bridgehead atoms. The zero-order chi connectivity index (χ0) is 13.5. The lowest BCUT2D eigenvalue weighted by Gasteiger charge is -2.16. The fraction of sp³-hybridized carbons (Fsp3) is 0.429.